The predicted molar refractivity (Wildman–Crippen MR) is 124 cm³/mol. The van der Waals surface area contributed by atoms with Gasteiger partial charge in [0.05, 0.1) is 0 Å². The number of nitrogens with zero attached hydrogens (tertiary/aromatic N) is 2. The van der Waals surface area contributed by atoms with Gasteiger partial charge in [0, 0.05) is 6.42 Å². The molecule has 0 fully saturated rings. The molecule has 0 amide bonds. The standard InChI is InChI=1S/C27H25F3N2O2/c28-27(29,30)26(33)34-32-23(19-11-10-14-20-12-4-1-5-13-20)31-24(21-15-6-2-7-16-21)25(32)22-17-8-3-9-18-22/h1-9,12-13,15-18,24-25H,10-11,14,19H2. The van der Waals surface area contributed by atoms with Gasteiger partial charge >= 0.3 is 12.1 Å². The summed E-state index contributed by atoms with van der Waals surface area (Å²) in [4.78, 5) is 21.6. The molecule has 3 aromatic rings. The fourth-order valence-electron chi connectivity index (χ4n) is 4.13. The third-order valence-corrected chi connectivity index (χ3v) is 5.75. The van der Waals surface area contributed by atoms with Crippen molar-refractivity contribution in [2.75, 3.05) is 0 Å². The van der Waals surface area contributed by atoms with Crippen LogP contribution in [-0.4, -0.2) is 23.0 Å². The number of benzene rings is 3. The fourth-order valence-corrected chi connectivity index (χ4v) is 4.13. The van der Waals surface area contributed by atoms with Crippen molar-refractivity contribution < 1.29 is 22.8 Å². The number of hydrogen-bond donors (Lipinski definition) is 0. The first-order valence-corrected chi connectivity index (χ1v) is 11.2. The molecule has 0 radical (unpaired) electrons. The average Bonchev–Trinajstić information content (AvgIpc) is 3.21. The van der Waals surface area contributed by atoms with E-state index in [1.54, 1.807) is 12.1 Å². The summed E-state index contributed by atoms with van der Waals surface area (Å²) in [6.07, 6.45) is -2.34. The van der Waals surface area contributed by atoms with E-state index in [9.17, 15) is 18.0 Å². The zero-order valence-corrected chi connectivity index (χ0v) is 18.5. The number of aliphatic imine (C=N–C) groups is 1. The molecule has 0 bridgehead atoms. The number of aryl methyl sites for hydroxylation is 1. The Balaban J connectivity index is 1.60. The van der Waals surface area contributed by atoms with Gasteiger partial charge in [-0.1, -0.05) is 91.0 Å². The number of unbranched alkanes of at least 4 members (excludes halogenated alkanes) is 1. The second-order valence-corrected chi connectivity index (χ2v) is 8.15. The van der Waals surface area contributed by atoms with E-state index in [4.69, 9.17) is 9.83 Å². The van der Waals surface area contributed by atoms with Crippen molar-refractivity contribution in [1.29, 1.82) is 0 Å². The average molecular weight is 467 g/mol. The van der Waals surface area contributed by atoms with Crippen LogP contribution in [0.3, 0.4) is 0 Å². The van der Waals surface area contributed by atoms with E-state index in [2.05, 4.69) is 0 Å². The molecule has 4 rings (SSSR count). The lowest BCUT2D eigenvalue weighted by Crippen LogP contribution is -2.38. The highest BCUT2D eigenvalue weighted by molar-refractivity contribution is 5.86. The van der Waals surface area contributed by atoms with Crippen LogP contribution in [0.5, 0.6) is 0 Å². The van der Waals surface area contributed by atoms with Gasteiger partial charge in [-0.3, -0.25) is 4.99 Å². The van der Waals surface area contributed by atoms with Gasteiger partial charge in [-0.25, -0.2) is 4.79 Å². The number of halogens is 3. The van der Waals surface area contributed by atoms with Crippen molar-refractivity contribution in [3.63, 3.8) is 0 Å². The minimum atomic E-state index is -5.11. The van der Waals surface area contributed by atoms with E-state index < -0.39 is 24.2 Å². The SMILES string of the molecule is O=C(ON1C(CCCCc2ccccc2)=NC(c2ccccc2)C1c1ccccc1)C(F)(F)F. The van der Waals surface area contributed by atoms with Crippen LogP contribution < -0.4 is 0 Å². The van der Waals surface area contributed by atoms with Gasteiger partial charge in [-0.15, -0.1) is 0 Å². The Hall–Kier alpha value is -3.61. The Morgan fingerprint density at radius 2 is 1.32 bits per heavy atom. The first-order valence-electron chi connectivity index (χ1n) is 11.2. The fraction of sp³-hybridized carbons (Fsp3) is 0.259. The minimum Gasteiger partial charge on any atom is -0.330 e. The van der Waals surface area contributed by atoms with Crippen LogP contribution in [0.1, 0.15) is 48.0 Å². The first-order chi connectivity index (χ1) is 16.4. The van der Waals surface area contributed by atoms with Crippen LogP contribution in [0.15, 0.2) is 96.0 Å². The summed E-state index contributed by atoms with van der Waals surface area (Å²) in [5, 5.41) is 1.07. The molecule has 2 atom stereocenters. The number of alkyl halides is 3. The topological polar surface area (TPSA) is 41.9 Å². The van der Waals surface area contributed by atoms with Crippen molar-refractivity contribution in [3.05, 3.63) is 108 Å². The Labute approximate surface area is 196 Å². The molecule has 1 aliphatic rings. The molecule has 7 heteroatoms. The predicted octanol–water partition coefficient (Wildman–Crippen LogP) is 6.62. The van der Waals surface area contributed by atoms with Gasteiger partial charge in [0.2, 0.25) is 0 Å². The zero-order chi connectivity index (χ0) is 24.0. The van der Waals surface area contributed by atoms with E-state index in [0.29, 0.717) is 18.7 Å². The second-order valence-electron chi connectivity index (χ2n) is 8.15. The molecular weight excluding hydrogens is 441 g/mol. The molecule has 1 aliphatic heterocycles. The van der Waals surface area contributed by atoms with Crippen molar-refractivity contribution in [2.45, 2.75) is 43.9 Å². The molecule has 0 spiro atoms. The van der Waals surface area contributed by atoms with Gasteiger partial charge < -0.3 is 4.84 Å². The van der Waals surface area contributed by atoms with Crippen LogP contribution in [-0.2, 0) is 16.1 Å². The number of hydrogen-bond acceptors (Lipinski definition) is 4. The lowest BCUT2D eigenvalue weighted by Gasteiger charge is -2.29. The van der Waals surface area contributed by atoms with Crippen molar-refractivity contribution >= 4 is 11.8 Å². The zero-order valence-electron chi connectivity index (χ0n) is 18.5. The number of rotatable bonds is 8. The van der Waals surface area contributed by atoms with Gasteiger partial charge in [-0.05, 0) is 36.0 Å². The number of carbonyl (C=O) groups excluding carboxylic acids is 1. The number of hydroxylamine groups is 2. The van der Waals surface area contributed by atoms with Crippen LogP contribution >= 0.6 is 0 Å². The molecule has 0 saturated carbocycles. The Morgan fingerprint density at radius 1 is 0.794 bits per heavy atom. The highest BCUT2D eigenvalue weighted by atomic mass is 19.4. The second kappa shape index (κ2) is 10.5. The molecular formula is C27H25F3N2O2. The molecule has 1 heterocycles. The monoisotopic (exact) mass is 466 g/mol. The van der Waals surface area contributed by atoms with E-state index in [1.807, 2.05) is 78.9 Å². The summed E-state index contributed by atoms with van der Waals surface area (Å²) in [5.41, 5.74) is 2.75. The third kappa shape index (κ3) is 5.65. The quantitative estimate of drug-likeness (QED) is 0.351. The molecule has 0 aliphatic carbocycles. The number of carbonyl (C=O) groups is 1. The molecule has 3 aromatic carbocycles. The third-order valence-electron chi connectivity index (χ3n) is 5.75. The van der Waals surface area contributed by atoms with Gasteiger partial charge in [0.1, 0.15) is 17.9 Å². The summed E-state index contributed by atoms with van der Waals surface area (Å²) < 4.78 is 39.4. The Bertz CT molecular complexity index is 1100. The maximum absolute atomic E-state index is 13.1. The molecule has 0 saturated heterocycles. The summed E-state index contributed by atoms with van der Waals surface area (Å²) in [6, 6.07) is 27.2. The normalized spacial score (nSPS) is 18.0. The lowest BCUT2D eigenvalue weighted by molar-refractivity contribution is -0.230. The van der Waals surface area contributed by atoms with Crippen LogP contribution in [0.25, 0.3) is 0 Å². The van der Waals surface area contributed by atoms with Gasteiger partial charge in [-0.2, -0.15) is 18.2 Å². The highest BCUT2D eigenvalue weighted by Crippen LogP contribution is 2.43. The molecule has 0 N–H and O–H groups in total. The maximum Gasteiger partial charge on any atom is 0.493 e. The molecule has 34 heavy (non-hydrogen) atoms. The Morgan fingerprint density at radius 3 is 1.91 bits per heavy atom. The maximum atomic E-state index is 13.1. The van der Waals surface area contributed by atoms with E-state index >= 15 is 0 Å². The van der Waals surface area contributed by atoms with Crippen LogP contribution in [0.4, 0.5) is 13.2 Å². The van der Waals surface area contributed by atoms with Crippen molar-refractivity contribution in [3.8, 4) is 0 Å². The molecule has 176 valence electrons. The minimum absolute atomic E-state index is 0.341. The summed E-state index contributed by atoms with van der Waals surface area (Å²) in [6.45, 7) is 0. The van der Waals surface area contributed by atoms with Crippen molar-refractivity contribution in [2.24, 2.45) is 4.99 Å². The van der Waals surface area contributed by atoms with E-state index in [0.717, 1.165) is 29.0 Å². The summed E-state index contributed by atoms with van der Waals surface area (Å²) in [7, 11) is 0. The molecule has 4 nitrogen and oxygen atoms in total. The first kappa shape index (κ1) is 23.5. The van der Waals surface area contributed by atoms with Gasteiger partial charge in [0.15, 0.2) is 0 Å². The molecule has 0 aromatic heterocycles. The smallest absolute Gasteiger partial charge is 0.330 e. The Kier molecular flexibility index (Phi) is 7.30. The number of amidine groups is 1. The van der Waals surface area contributed by atoms with Gasteiger partial charge in [0.25, 0.3) is 0 Å². The van der Waals surface area contributed by atoms with E-state index in [1.165, 1.54) is 5.56 Å². The van der Waals surface area contributed by atoms with Crippen LogP contribution in [0, 0.1) is 0 Å². The highest BCUT2D eigenvalue weighted by Gasteiger charge is 2.47. The largest absolute Gasteiger partial charge is 0.493 e. The lowest BCUT2D eigenvalue weighted by atomic mass is 9.95. The van der Waals surface area contributed by atoms with E-state index in [-0.39, 0.29) is 0 Å². The van der Waals surface area contributed by atoms with Crippen LogP contribution in [0.2, 0.25) is 0 Å². The molecule has 2 unspecified atom stereocenters. The summed E-state index contributed by atoms with van der Waals surface area (Å²) in [5.74, 6) is -1.91. The summed E-state index contributed by atoms with van der Waals surface area (Å²) >= 11 is 0. The van der Waals surface area contributed by atoms with Crippen molar-refractivity contribution in [1.82, 2.24) is 5.06 Å².